The Labute approximate surface area is 161 Å². The third kappa shape index (κ3) is 3.57. The maximum absolute atomic E-state index is 12.2. The van der Waals surface area contributed by atoms with Crippen LogP contribution in [0.25, 0.3) is 15.7 Å². The summed E-state index contributed by atoms with van der Waals surface area (Å²) in [6, 6.07) is 9.60. The molecule has 0 saturated carbocycles. The molecule has 0 atom stereocenters. The molecule has 0 fully saturated rings. The number of fused-ring (bicyclic) bond motifs is 1. The molecule has 3 heterocycles. The number of nitro groups is 1. The Hall–Kier alpha value is -3.11. The fraction of sp³-hybridized carbons (Fsp3) is 0.118. The molecule has 8 nitrogen and oxygen atoms in total. The van der Waals surface area contributed by atoms with E-state index in [0.29, 0.717) is 18.8 Å². The number of thiazole rings is 1. The topological polar surface area (TPSA) is 102 Å². The van der Waals surface area contributed by atoms with Gasteiger partial charge in [0.05, 0.1) is 15.5 Å². The first-order valence-corrected chi connectivity index (χ1v) is 9.77. The summed E-state index contributed by atoms with van der Waals surface area (Å²) >= 11 is 3.08. The molecule has 1 N–H and O–H groups in total. The van der Waals surface area contributed by atoms with Crippen molar-refractivity contribution < 1.29 is 9.72 Å². The minimum Gasteiger partial charge on any atom is -0.352 e. The Kier molecular flexibility index (Phi) is 4.65. The second-order valence-corrected chi connectivity index (χ2v) is 7.43. The van der Waals surface area contributed by atoms with E-state index in [4.69, 9.17) is 0 Å². The van der Waals surface area contributed by atoms with Crippen LogP contribution in [0.4, 0.5) is 5.69 Å². The number of non-ortho nitro benzene ring substituents is 1. The lowest BCUT2D eigenvalue weighted by Crippen LogP contribution is -2.26. The summed E-state index contributed by atoms with van der Waals surface area (Å²) in [5, 5.41) is 22.1. The van der Waals surface area contributed by atoms with Gasteiger partial charge in [-0.25, -0.2) is 4.52 Å². The molecule has 3 aromatic heterocycles. The van der Waals surface area contributed by atoms with Crippen molar-refractivity contribution in [3.63, 3.8) is 0 Å². The van der Waals surface area contributed by atoms with Crippen LogP contribution < -0.4 is 5.32 Å². The van der Waals surface area contributed by atoms with Crippen molar-refractivity contribution >= 4 is 39.2 Å². The summed E-state index contributed by atoms with van der Waals surface area (Å²) in [5.74, 6) is 0.349. The lowest BCUT2D eigenvalue weighted by atomic mass is 10.2. The number of nitrogens with zero attached hydrogens (tertiary/aromatic N) is 4. The zero-order valence-corrected chi connectivity index (χ0v) is 15.5. The van der Waals surface area contributed by atoms with Gasteiger partial charge in [0.1, 0.15) is 0 Å². The fourth-order valence-electron chi connectivity index (χ4n) is 2.57. The van der Waals surface area contributed by atoms with Gasteiger partial charge >= 0.3 is 0 Å². The van der Waals surface area contributed by atoms with E-state index >= 15 is 0 Å². The van der Waals surface area contributed by atoms with Crippen LogP contribution in [0, 0.1) is 10.1 Å². The molecule has 136 valence electrons. The second-order valence-electron chi connectivity index (χ2n) is 5.65. The predicted octanol–water partition coefficient (Wildman–Crippen LogP) is 3.40. The van der Waals surface area contributed by atoms with Crippen LogP contribution in [0.3, 0.4) is 0 Å². The molecule has 0 radical (unpaired) electrons. The lowest BCUT2D eigenvalue weighted by molar-refractivity contribution is -0.384. The molecule has 4 rings (SSSR count). The highest BCUT2D eigenvalue weighted by molar-refractivity contribution is 7.15. The number of nitrogens with one attached hydrogen (secondary N) is 1. The van der Waals surface area contributed by atoms with Gasteiger partial charge in [0, 0.05) is 36.0 Å². The van der Waals surface area contributed by atoms with E-state index in [1.807, 2.05) is 22.9 Å². The molecule has 0 aliphatic rings. The standard InChI is InChI=1S/C17H13N5O3S2/c23-16(11-3-1-4-12(9-11)22(24)25)18-7-6-13-10-27-17-19-15(20-21(13)17)14-5-2-8-26-14/h1-5,8-10H,6-7H2,(H,18,23). The Morgan fingerprint density at radius 3 is 2.93 bits per heavy atom. The number of nitro benzene ring substituents is 1. The van der Waals surface area contributed by atoms with E-state index in [9.17, 15) is 14.9 Å². The van der Waals surface area contributed by atoms with Crippen molar-refractivity contribution in [2.45, 2.75) is 6.42 Å². The number of rotatable bonds is 6. The molecular formula is C17H13N5O3S2. The summed E-state index contributed by atoms with van der Waals surface area (Å²) in [6.45, 7) is 0.390. The number of aromatic nitrogens is 3. The number of carbonyl (C=O) groups excluding carboxylic acids is 1. The summed E-state index contributed by atoms with van der Waals surface area (Å²) < 4.78 is 1.79. The molecule has 0 aliphatic heterocycles. The number of carbonyl (C=O) groups is 1. The van der Waals surface area contributed by atoms with Gasteiger partial charge < -0.3 is 5.32 Å². The van der Waals surface area contributed by atoms with Crippen molar-refractivity contribution in [1.29, 1.82) is 0 Å². The Morgan fingerprint density at radius 1 is 1.26 bits per heavy atom. The molecule has 1 amide bonds. The van der Waals surface area contributed by atoms with Gasteiger partial charge in [-0.15, -0.1) is 27.8 Å². The van der Waals surface area contributed by atoms with Crippen molar-refractivity contribution in [1.82, 2.24) is 19.9 Å². The SMILES string of the molecule is O=C(NCCc1csc2nc(-c3cccs3)nn12)c1cccc([N+](=O)[O-])c1. The molecule has 0 unspecified atom stereocenters. The van der Waals surface area contributed by atoms with E-state index in [0.717, 1.165) is 15.5 Å². The molecule has 0 aliphatic carbocycles. The first kappa shape index (κ1) is 17.3. The summed E-state index contributed by atoms with van der Waals surface area (Å²) in [4.78, 5) is 28.8. The molecule has 10 heteroatoms. The van der Waals surface area contributed by atoms with Crippen LogP contribution in [0.15, 0.2) is 47.2 Å². The van der Waals surface area contributed by atoms with E-state index in [2.05, 4.69) is 15.4 Å². The van der Waals surface area contributed by atoms with Gasteiger partial charge in [-0.05, 0) is 17.5 Å². The normalized spacial score (nSPS) is 11.0. The van der Waals surface area contributed by atoms with Gasteiger partial charge in [-0.1, -0.05) is 12.1 Å². The first-order valence-electron chi connectivity index (χ1n) is 8.01. The zero-order chi connectivity index (χ0) is 18.8. The molecular weight excluding hydrogens is 386 g/mol. The summed E-state index contributed by atoms with van der Waals surface area (Å²) in [7, 11) is 0. The average Bonchev–Trinajstić information content (AvgIpc) is 3.39. The summed E-state index contributed by atoms with van der Waals surface area (Å²) in [6.07, 6.45) is 0.577. The maximum atomic E-state index is 12.2. The van der Waals surface area contributed by atoms with E-state index in [1.165, 1.54) is 29.5 Å². The largest absolute Gasteiger partial charge is 0.352 e. The van der Waals surface area contributed by atoms with Crippen molar-refractivity contribution in [3.05, 3.63) is 68.5 Å². The van der Waals surface area contributed by atoms with E-state index in [-0.39, 0.29) is 17.2 Å². The quantitative estimate of drug-likeness (QED) is 0.395. The smallest absolute Gasteiger partial charge is 0.270 e. The lowest BCUT2D eigenvalue weighted by Gasteiger charge is -2.04. The van der Waals surface area contributed by atoms with Crippen LogP contribution in [-0.2, 0) is 6.42 Å². The zero-order valence-electron chi connectivity index (χ0n) is 13.9. The Balaban J connectivity index is 1.42. The molecule has 27 heavy (non-hydrogen) atoms. The highest BCUT2D eigenvalue weighted by Crippen LogP contribution is 2.24. The number of hydrogen-bond donors (Lipinski definition) is 1. The molecule has 1 aromatic carbocycles. The highest BCUT2D eigenvalue weighted by atomic mass is 32.1. The molecule has 4 aromatic rings. The van der Waals surface area contributed by atoms with Crippen LogP contribution in [0.5, 0.6) is 0 Å². The first-order chi connectivity index (χ1) is 13.1. The second kappa shape index (κ2) is 7.25. The van der Waals surface area contributed by atoms with Gasteiger partial charge in [-0.2, -0.15) is 4.98 Å². The fourth-order valence-corrected chi connectivity index (χ4v) is 4.08. The monoisotopic (exact) mass is 399 g/mol. The third-order valence-electron chi connectivity index (χ3n) is 3.88. The van der Waals surface area contributed by atoms with E-state index in [1.54, 1.807) is 21.9 Å². The molecule has 0 saturated heterocycles. The van der Waals surface area contributed by atoms with Gasteiger partial charge in [0.15, 0.2) is 5.82 Å². The van der Waals surface area contributed by atoms with Crippen molar-refractivity contribution in [2.75, 3.05) is 6.54 Å². The van der Waals surface area contributed by atoms with Gasteiger partial charge in [-0.3, -0.25) is 14.9 Å². The van der Waals surface area contributed by atoms with Crippen molar-refractivity contribution in [3.8, 4) is 10.7 Å². The Morgan fingerprint density at radius 2 is 2.15 bits per heavy atom. The molecule has 0 bridgehead atoms. The minimum absolute atomic E-state index is 0.106. The molecule has 0 spiro atoms. The Bertz CT molecular complexity index is 1120. The number of hydrogen-bond acceptors (Lipinski definition) is 7. The van der Waals surface area contributed by atoms with Crippen LogP contribution >= 0.6 is 22.7 Å². The number of amides is 1. The average molecular weight is 399 g/mol. The van der Waals surface area contributed by atoms with E-state index < -0.39 is 4.92 Å². The number of thiophene rings is 1. The van der Waals surface area contributed by atoms with Gasteiger partial charge in [0.2, 0.25) is 4.96 Å². The maximum Gasteiger partial charge on any atom is 0.270 e. The number of benzene rings is 1. The van der Waals surface area contributed by atoms with Crippen LogP contribution in [-0.4, -0.2) is 32.0 Å². The van der Waals surface area contributed by atoms with Crippen LogP contribution in [0.1, 0.15) is 16.1 Å². The van der Waals surface area contributed by atoms with Gasteiger partial charge in [0.25, 0.3) is 11.6 Å². The third-order valence-corrected chi connectivity index (χ3v) is 5.61. The minimum atomic E-state index is -0.519. The van der Waals surface area contributed by atoms with Crippen LogP contribution in [0.2, 0.25) is 0 Å². The summed E-state index contributed by atoms with van der Waals surface area (Å²) in [5.41, 5.74) is 1.11. The highest BCUT2D eigenvalue weighted by Gasteiger charge is 2.14. The van der Waals surface area contributed by atoms with Crippen molar-refractivity contribution in [2.24, 2.45) is 0 Å². The predicted molar refractivity (Wildman–Crippen MR) is 103 cm³/mol.